The third-order valence-electron chi connectivity index (χ3n) is 3.07. The van der Waals surface area contributed by atoms with Gasteiger partial charge in [-0.05, 0) is 36.4 Å². The summed E-state index contributed by atoms with van der Waals surface area (Å²) in [6, 6.07) is 11.9. The SMILES string of the molecule is c1cc2ccc(Nc3ccc4cc[nH]c4n3)nc2[nH]1. The maximum Gasteiger partial charge on any atom is 0.139 e. The van der Waals surface area contributed by atoms with Crippen LogP contribution in [-0.4, -0.2) is 19.9 Å². The number of fused-ring (bicyclic) bond motifs is 2. The van der Waals surface area contributed by atoms with Crippen molar-refractivity contribution in [3.63, 3.8) is 0 Å². The van der Waals surface area contributed by atoms with Crippen LogP contribution in [-0.2, 0) is 0 Å². The second-order valence-corrected chi connectivity index (χ2v) is 4.35. The van der Waals surface area contributed by atoms with Gasteiger partial charge in [0.1, 0.15) is 22.9 Å². The number of anilines is 2. The molecular formula is C14H11N5. The Morgan fingerprint density at radius 2 is 1.21 bits per heavy atom. The molecule has 0 radical (unpaired) electrons. The van der Waals surface area contributed by atoms with Crippen molar-refractivity contribution in [2.45, 2.75) is 0 Å². The number of hydrogen-bond donors (Lipinski definition) is 3. The van der Waals surface area contributed by atoms with Crippen LogP contribution < -0.4 is 5.32 Å². The summed E-state index contributed by atoms with van der Waals surface area (Å²) in [6.45, 7) is 0. The standard InChI is InChI=1S/C14H11N5/c1-3-11(18-13-9(1)5-7-15-13)17-12-4-2-10-6-8-16-14(10)19-12/h1-8H,(H3,15,16,17,18,19). The normalized spacial score (nSPS) is 11.2. The third kappa shape index (κ3) is 1.72. The highest BCUT2D eigenvalue weighted by atomic mass is 15.1. The highest BCUT2D eigenvalue weighted by Gasteiger charge is 2.02. The van der Waals surface area contributed by atoms with E-state index in [0.29, 0.717) is 0 Å². The Morgan fingerprint density at radius 1 is 0.684 bits per heavy atom. The van der Waals surface area contributed by atoms with Crippen molar-refractivity contribution in [3.8, 4) is 0 Å². The van der Waals surface area contributed by atoms with Crippen molar-refractivity contribution in [2.75, 3.05) is 5.32 Å². The Morgan fingerprint density at radius 3 is 1.74 bits per heavy atom. The van der Waals surface area contributed by atoms with Gasteiger partial charge >= 0.3 is 0 Å². The number of aromatic nitrogens is 4. The zero-order valence-corrected chi connectivity index (χ0v) is 10.0. The largest absolute Gasteiger partial charge is 0.346 e. The van der Waals surface area contributed by atoms with Crippen LogP contribution in [0.25, 0.3) is 22.1 Å². The Hall–Kier alpha value is -2.82. The summed E-state index contributed by atoms with van der Waals surface area (Å²) < 4.78 is 0. The Bertz CT molecular complexity index is 786. The van der Waals surface area contributed by atoms with E-state index in [2.05, 4.69) is 25.3 Å². The zero-order chi connectivity index (χ0) is 12.7. The molecule has 0 aliphatic heterocycles. The fourth-order valence-electron chi connectivity index (χ4n) is 2.13. The van der Waals surface area contributed by atoms with Crippen molar-refractivity contribution in [1.82, 2.24) is 19.9 Å². The molecule has 4 aromatic heterocycles. The molecule has 0 aromatic carbocycles. The summed E-state index contributed by atoms with van der Waals surface area (Å²) in [4.78, 5) is 15.1. The van der Waals surface area contributed by atoms with E-state index in [1.54, 1.807) is 0 Å². The van der Waals surface area contributed by atoms with Crippen LogP contribution in [0.15, 0.2) is 48.8 Å². The number of hydrogen-bond acceptors (Lipinski definition) is 3. The molecule has 0 saturated carbocycles. The quantitative estimate of drug-likeness (QED) is 0.511. The van der Waals surface area contributed by atoms with Crippen molar-refractivity contribution in [1.29, 1.82) is 0 Å². The van der Waals surface area contributed by atoms with E-state index in [1.807, 2.05) is 48.8 Å². The first kappa shape index (κ1) is 10.1. The number of pyridine rings is 2. The monoisotopic (exact) mass is 249 g/mol. The van der Waals surface area contributed by atoms with Gasteiger partial charge in [-0.25, -0.2) is 9.97 Å². The predicted octanol–water partition coefficient (Wildman–Crippen LogP) is 3.18. The molecule has 19 heavy (non-hydrogen) atoms. The van der Waals surface area contributed by atoms with Crippen molar-refractivity contribution >= 4 is 33.7 Å². The maximum absolute atomic E-state index is 4.48. The number of nitrogens with zero attached hydrogens (tertiary/aromatic N) is 2. The summed E-state index contributed by atoms with van der Waals surface area (Å²) in [5.74, 6) is 1.54. The lowest BCUT2D eigenvalue weighted by Crippen LogP contribution is -1.96. The van der Waals surface area contributed by atoms with Gasteiger partial charge in [0, 0.05) is 23.2 Å². The molecule has 0 atom stereocenters. The molecule has 4 rings (SSSR count). The molecule has 4 aromatic rings. The minimum atomic E-state index is 0.772. The molecule has 0 fully saturated rings. The van der Waals surface area contributed by atoms with Gasteiger partial charge in [-0.1, -0.05) is 0 Å². The molecule has 4 heterocycles. The fourth-order valence-corrected chi connectivity index (χ4v) is 2.13. The first-order chi connectivity index (χ1) is 9.38. The first-order valence-corrected chi connectivity index (χ1v) is 6.04. The maximum atomic E-state index is 4.48. The summed E-state index contributed by atoms with van der Waals surface area (Å²) in [6.07, 6.45) is 3.76. The van der Waals surface area contributed by atoms with Crippen LogP contribution in [0.3, 0.4) is 0 Å². The lowest BCUT2D eigenvalue weighted by Gasteiger charge is -2.04. The molecule has 3 N–H and O–H groups in total. The summed E-state index contributed by atoms with van der Waals surface area (Å²) in [7, 11) is 0. The van der Waals surface area contributed by atoms with E-state index in [4.69, 9.17) is 0 Å². The Kier molecular flexibility index (Phi) is 2.05. The van der Waals surface area contributed by atoms with Gasteiger partial charge in [0.2, 0.25) is 0 Å². The molecule has 0 unspecified atom stereocenters. The molecule has 0 bridgehead atoms. The summed E-state index contributed by atoms with van der Waals surface area (Å²) >= 11 is 0. The van der Waals surface area contributed by atoms with Gasteiger partial charge in [-0.15, -0.1) is 0 Å². The smallest absolute Gasteiger partial charge is 0.139 e. The molecule has 0 amide bonds. The van der Waals surface area contributed by atoms with Crippen LogP contribution in [0.4, 0.5) is 11.6 Å². The van der Waals surface area contributed by atoms with E-state index in [9.17, 15) is 0 Å². The minimum Gasteiger partial charge on any atom is -0.346 e. The number of aromatic amines is 2. The highest BCUT2D eigenvalue weighted by Crippen LogP contribution is 2.19. The van der Waals surface area contributed by atoms with Gasteiger partial charge in [0.25, 0.3) is 0 Å². The second-order valence-electron chi connectivity index (χ2n) is 4.35. The van der Waals surface area contributed by atoms with Crippen molar-refractivity contribution < 1.29 is 0 Å². The van der Waals surface area contributed by atoms with E-state index < -0.39 is 0 Å². The number of nitrogens with one attached hydrogen (secondary N) is 3. The van der Waals surface area contributed by atoms with Crippen LogP contribution in [0.2, 0.25) is 0 Å². The van der Waals surface area contributed by atoms with Gasteiger partial charge in [0.15, 0.2) is 0 Å². The molecule has 0 saturated heterocycles. The van der Waals surface area contributed by atoms with Gasteiger partial charge < -0.3 is 15.3 Å². The molecule has 0 spiro atoms. The topological polar surface area (TPSA) is 69.4 Å². The van der Waals surface area contributed by atoms with E-state index >= 15 is 0 Å². The minimum absolute atomic E-state index is 0.772. The van der Waals surface area contributed by atoms with Crippen LogP contribution in [0.5, 0.6) is 0 Å². The van der Waals surface area contributed by atoms with E-state index in [-0.39, 0.29) is 0 Å². The van der Waals surface area contributed by atoms with Gasteiger partial charge in [-0.3, -0.25) is 0 Å². The summed E-state index contributed by atoms with van der Waals surface area (Å²) in [5.41, 5.74) is 1.73. The molecule has 5 nitrogen and oxygen atoms in total. The molecule has 5 heteroatoms. The molecular weight excluding hydrogens is 238 g/mol. The van der Waals surface area contributed by atoms with Gasteiger partial charge in [-0.2, -0.15) is 0 Å². The average molecular weight is 249 g/mol. The molecule has 92 valence electrons. The second kappa shape index (κ2) is 3.84. The van der Waals surface area contributed by atoms with Crippen molar-refractivity contribution in [2.24, 2.45) is 0 Å². The lowest BCUT2D eigenvalue weighted by molar-refractivity contribution is 1.27. The van der Waals surface area contributed by atoms with Gasteiger partial charge in [0.05, 0.1) is 0 Å². The number of rotatable bonds is 2. The molecule has 0 aliphatic rings. The highest BCUT2D eigenvalue weighted by molar-refractivity contribution is 5.79. The third-order valence-corrected chi connectivity index (χ3v) is 3.07. The van der Waals surface area contributed by atoms with Crippen LogP contribution in [0, 0.1) is 0 Å². The van der Waals surface area contributed by atoms with Crippen LogP contribution in [0.1, 0.15) is 0 Å². The lowest BCUT2D eigenvalue weighted by atomic mass is 10.3. The zero-order valence-electron chi connectivity index (χ0n) is 10.0. The first-order valence-electron chi connectivity index (χ1n) is 6.04. The predicted molar refractivity (Wildman–Crippen MR) is 75.5 cm³/mol. The Labute approximate surface area is 108 Å². The fraction of sp³-hybridized carbons (Fsp3) is 0. The van der Waals surface area contributed by atoms with Crippen LogP contribution >= 0.6 is 0 Å². The van der Waals surface area contributed by atoms with E-state index in [0.717, 1.165) is 33.7 Å². The average Bonchev–Trinajstić information content (AvgIpc) is 3.05. The molecule has 0 aliphatic carbocycles. The number of H-pyrrole nitrogens is 2. The van der Waals surface area contributed by atoms with E-state index in [1.165, 1.54) is 0 Å². The Balaban J connectivity index is 1.72. The summed E-state index contributed by atoms with van der Waals surface area (Å²) in [5, 5.41) is 5.40. The van der Waals surface area contributed by atoms with Crippen molar-refractivity contribution in [3.05, 3.63) is 48.8 Å².